The molecule has 0 aliphatic heterocycles. The zero-order valence-electron chi connectivity index (χ0n) is 5.58. The number of rotatable bonds is 4. The molecule has 68 valence electrons. The van der Waals surface area contributed by atoms with E-state index in [1.807, 2.05) is 22.6 Å². The quantitative estimate of drug-likeness (QED) is 0.295. The van der Waals surface area contributed by atoms with Crippen LogP contribution < -0.4 is 5.32 Å². The molecule has 0 radical (unpaired) electrons. The number of hydrogen-bond donors (Lipinski definition) is 2. The molecule has 0 bridgehead atoms. The van der Waals surface area contributed by atoms with E-state index in [2.05, 4.69) is 5.32 Å². The van der Waals surface area contributed by atoms with Gasteiger partial charge in [0.1, 0.15) is 0 Å². The summed E-state index contributed by atoms with van der Waals surface area (Å²) in [5, 5.41) is 2.30. The second kappa shape index (κ2) is 7.51. The van der Waals surface area contributed by atoms with Crippen LogP contribution in [0, 0.1) is 0 Å². The maximum absolute atomic E-state index is 10.5. The molecule has 0 aromatic heterocycles. The molecule has 0 aromatic rings. The van der Waals surface area contributed by atoms with Crippen LogP contribution in [-0.2, 0) is 14.9 Å². The van der Waals surface area contributed by atoms with Gasteiger partial charge in [0.05, 0.1) is 10.2 Å². The van der Waals surface area contributed by atoms with Gasteiger partial charge >= 0.3 is 29.6 Å². The van der Waals surface area contributed by atoms with Crippen LogP contribution in [0.4, 0.5) is 0 Å². The Bertz CT molecular complexity index is 229. The molecule has 12 heavy (non-hydrogen) atoms. The van der Waals surface area contributed by atoms with Crippen molar-refractivity contribution in [3.63, 3.8) is 0 Å². The molecule has 0 atom stereocenters. The maximum atomic E-state index is 10.5. The van der Waals surface area contributed by atoms with Gasteiger partial charge in [0, 0.05) is 6.54 Å². The first-order valence-electron chi connectivity index (χ1n) is 2.73. The molecule has 0 rings (SSSR count). The van der Waals surface area contributed by atoms with E-state index < -0.39 is 15.9 Å². The molecule has 0 saturated heterocycles. The van der Waals surface area contributed by atoms with E-state index in [0.29, 0.717) is 0 Å². The summed E-state index contributed by atoms with van der Waals surface area (Å²) in [5.41, 5.74) is 0. The standard InChI is InChI=1S/C4H8INO4S.Na.H/c5-3-4(7)6-1-2-11(8,9)10;;/h1-3H2,(H,6,7)(H,8,9,10);;. The monoisotopic (exact) mass is 317 g/mol. The molecule has 5 nitrogen and oxygen atoms in total. The van der Waals surface area contributed by atoms with Crippen LogP contribution in [0.2, 0.25) is 0 Å². The van der Waals surface area contributed by atoms with E-state index in [4.69, 9.17) is 4.55 Å². The van der Waals surface area contributed by atoms with E-state index in [1.165, 1.54) is 0 Å². The van der Waals surface area contributed by atoms with Crippen molar-refractivity contribution in [1.82, 2.24) is 5.32 Å². The third-order valence-corrected chi connectivity index (χ3v) is 2.22. The number of halogens is 1. The Morgan fingerprint density at radius 3 is 2.33 bits per heavy atom. The van der Waals surface area contributed by atoms with Crippen LogP contribution >= 0.6 is 22.6 Å². The topological polar surface area (TPSA) is 83.5 Å². The fourth-order valence-electron chi connectivity index (χ4n) is 0.367. The van der Waals surface area contributed by atoms with Crippen molar-refractivity contribution < 1.29 is 17.8 Å². The Balaban J connectivity index is 0. The Morgan fingerprint density at radius 1 is 1.50 bits per heavy atom. The Labute approximate surface area is 107 Å². The van der Waals surface area contributed by atoms with Crippen LogP contribution in [-0.4, -0.2) is 65.2 Å². The van der Waals surface area contributed by atoms with E-state index >= 15 is 0 Å². The molecule has 0 heterocycles. The number of carbonyl (C=O) groups is 1. The van der Waals surface area contributed by atoms with Crippen molar-refractivity contribution in [2.75, 3.05) is 16.7 Å². The molecule has 8 heteroatoms. The van der Waals surface area contributed by atoms with Gasteiger partial charge in [0.15, 0.2) is 0 Å². The van der Waals surface area contributed by atoms with Crippen molar-refractivity contribution in [3.8, 4) is 0 Å². The van der Waals surface area contributed by atoms with Gasteiger partial charge in [-0.25, -0.2) is 0 Å². The summed E-state index contributed by atoms with van der Waals surface area (Å²) in [6.07, 6.45) is 0. The molecule has 0 saturated carbocycles. The van der Waals surface area contributed by atoms with Crippen LogP contribution in [0.1, 0.15) is 0 Å². The van der Waals surface area contributed by atoms with Crippen molar-refractivity contribution in [3.05, 3.63) is 0 Å². The fraction of sp³-hybridized carbons (Fsp3) is 0.750. The van der Waals surface area contributed by atoms with E-state index in [0.717, 1.165) is 0 Å². The molecular weight excluding hydrogens is 308 g/mol. The molecule has 1 amide bonds. The number of carbonyl (C=O) groups excluding carboxylic acids is 1. The Kier molecular flexibility index (Phi) is 9.75. The summed E-state index contributed by atoms with van der Waals surface area (Å²) in [4.78, 5) is 10.5. The van der Waals surface area contributed by atoms with Crippen molar-refractivity contribution in [1.29, 1.82) is 0 Å². The van der Waals surface area contributed by atoms with Gasteiger partial charge in [-0.05, 0) is 0 Å². The van der Waals surface area contributed by atoms with E-state index in [1.54, 1.807) is 0 Å². The molecule has 0 aliphatic carbocycles. The molecule has 2 N–H and O–H groups in total. The molecule has 0 unspecified atom stereocenters. The number of hydrogen-bond acceptors (Lipinski definition) is 3. The molecular formula is C4H9INNaO4S. The average molecular weight is 317 g/mol. The molecule has 0 aliphatic rings. The second-order valence-corrected chi connectivity index (χ2v) is 4.10. The summed E-state index contributed by atoms with van der Waals surface area (Å²) in [7, 11) is -3.95. The van der Waals surface area contributed by atoms with Crippen LogP contribution in [0.15, 0.2) is 0 Å². The van der Waals surface area contributed by atoms with Crippen molar-refractivity contribution in [2.24, 2.45) is 0 Å². The van der Waals surface area contributed by atoms with Gasteiger partial charge in [-0.2, -0.15) is 8.42 Å². The second-order valence-electron chi connectivity index (χ2n) is 1.77. The molecule has 0 fully saturated rings. The summed E-state index contributed by atoms with van der Waals surface area (Å²) in [5.74, 6) is -0.677. The van der Waals surface area contributed by atoms with Gasteiger partial charge in [0.2, 0.25) is 5.91 Å². The van der Waals surface area contributed by atoms with Gasteiger partial charge in [-0.1, -0.05) is 22.6 Å². The van der Waals surface area contributed by atoms with Crippen molar-refractivity contribution in [2.45, 2.75) is 0 Å². The number of nitrogens with one attached hydrogen (secondary N) is 1. The summed E-state index contributed by atoms with van der Waals surface area (Å²) < 4.78 is 28.7. The zero-order valence-corrected chi connectivity index (χ0v) is 8.55. The Morgan fingerprint density at radius 2 is 2.00 bits per heavy atom. The first-order chi connectivity index (χ1) is 4.95. The van der Waals surface area contributed by atoms with Crippen LogP contribution in [0.25, 0.3) is 0 Å². The van der Waals surface area contributed by atoms with Crippen LogP contribution in [0.5, 0.6) is 0 Å². The van der Waals surface area contributed by atoms with Crippen LogP contribution in [0.3, 0.4) is 0 Å². The average Bonchev–Trinajstić information content (AvgIpc) is 1.85. The fourth-order valence-corrected chi connectivity index (χ4v) is 0.996. The van der Waals surface area contributed by atoms with Gasteiger partial charge in [0.25, 0.3) is 10.1 Å². The first kappa shape index (κ1) is 15.6. The molecule has 0 spiro atoms. The number of alkyl halides is 1. The van der Waals surface area contributed by atoms with Crippen molar-refractivity contribution >= 4 is 68.2 Å². The molecule has 0 aromatic carbocycles. The summed E-state index contributed by atoms with van der Waals surface area (Å²) in [6.45, 7) is -0.0410. The minimum atomic E-state index is -3.95. The van der Waals surface area contributed by atoms with Gasteiger partial charge in [-0.3, -0.25) is 9.35 Å². The summed E-state index contributed by atoms with van der Waals surface area (Å²) in [6, 6.07) is 0. The van der Waals surface area contributed by atoms with E-state index in [9.17, 15) is 13.2 Å². The summed E-state index contributed by atoms with van der Waals surface area (Å²) >= 11 is 1.85. The van der Waals surface area contributed by atoms with Gasteiger partial charge < -0.3 is 5.32 Å². The van der Waals surface area contributed by atoms with E-state index in [-0.39, 0.29) is 46.4 Å². The normalized spacial score (nSPS) is 10.2. The third-order valence-electron chi connectivity index (χ3n) is 0.804. The predicted octanol–water partition coefficient (Wildman–Crippen LogP) is -1.22. The zero-order chi connectivity index (χ0) is 8.91. The first-order valence-corrected chi connectivity index (χ1v) is 5.87. The van der Waals surface area contributed by atoms with Gasteiger partial charge in [-0.15, -0.1) is 0 Å². The SMILES string of the molecule is O=C(CI)NCCS(=O)(=O)O.[NaH]. The Hall–Kier alpha value is 1.11. The number of amides is 1. The third kappa shape index (κ3) is 11.1. The minimum absolute atomic E-state index is 0. The predicted molar refractivity (Wildman–Crippen MR) is 55.5 cm³/mol.